The van der Waals surface area contributed by atoms with Crippen molar-refractivity contribution >= 4 is 0 Å². The topological polar surface area (TPSA) is 0 Å². The van der Waals surface area contributed by atoms with Crippen LogP contribution in [0.25, 0.3) is 0 Å². The maximum absolute atomic E-state index is 3.97. The van der Waals surface area contributed by atoms with E-state index in [0.717, 1.165) is 11.5 Å². The molecule has 0 bridgehead atoms. The number of hydrogen-bond donors (Lipinski definition) is 0. The summed E-state index contributed by atoms with van der Waals surface area (Å²) in [7, 11) is 0. The lowest BCUT2D eigenvalue weighted by Gasteiger charge is -2.05. The fraction of sp³-hybridized carbons (Fsp3) is 0.714. The van der Waals surface area contributed by atoms with E-state index in [0.29, 0.717) is 0 Å². The van der Waals surface area contributed by atoms with E-state index in [9.17, 15) is 0 Å². The van der Waals surface area contributed by atoms with Crippen molar-refractivity contribution in [3.05, 3.63) is 36.0 Å². The molecule has 0 fully saturated rings. The summed E-state index contributed by atoms with van der Waals surface area (Å²) in [6.45, 7) is 12.8. The zero-order chi connectivity index (χ0) is 15.9. The lowest BCUT2D eigenvalue weighted by atomic mass is 10.0. The standard InChI is InChI=1S/C21H38/c1-6-15-21(18-20(4)5)17-14-12-10-8-7-9-11-13-16-19(2)3/h6,15,18-19H,4,7-14,16-17H2,1-3,5H3. The van der Waals surface area contributed by atoms with Gasteiger partial charge < -0.3 is 0 Å². The lowest BCUT2D eigenvalue weighted by molar-refractivity contribution is 0.507. The Kier molecular flexibility index (Phi) is 13.6. The first-order valence-corrected chi connectivity index (χ1v) is 9.05. The summed E-state index contributed by atoms with van der Waals surface area (Å²) in [5.74, 6) is 0.878. The van der Waals surface area contributed by atoms with Crippen LogP contribution in [0.4, 0.5) is 0 Å². The second-order valence-corrected chi connectivity index (χ2v) is 6.83. The zero-order valence-electron chi connectivity index (χ0n) is 15.1. The lowest BCUT2D eigenvalue weighted by Crippen LogP contribution is -1.87. The average molecular weight is 291 g/mol. The summed E-state index contributed by atoms with van der Waals surface area (Å²) < 4.78 is 0. The van der Waals surface area contributed by atoms with E-state index in [4.69, 9.17) is 0 Å². The van der Waals surface area contributed by atoms with Crippen molar-refractivity contribution in [2.45, 2.75) is 91.9 Å². The number of rotatable bonds is 13. The second kappa shape index (κ2) is 14.2. The van der Waals surface area contributed by atoms with Crippen LogP contribution in [0.3, 0.4) is 0 Å². The molecule has 0 heteroatoms. The van der Waals surface area contributed by atoms with Crippen LogP contribution >= 0.6 is 0 Å². The van der Waals surface area contributed by atoms with Crippen LogP contribution in [0.5, 0.6) is 0 Å². The predicted molar refractivity (Wildman–Crippen MR) is 98.7 cm³/mol. The molecule has 0 rings (SSSR count). The molecule has 0 saturated carbocycles. The number of hydrogen-bond acceptors (Lipinski definition) is 0. The van der Waals surface area contributed by atoms with E-state index in [1.807, 2.05) is 0 Å². The molecule has 0 radical (unpaired) electrons. The summed E-state index contributed by atoms with van der Waals surface area (Å²) >= 11 is 0. The van der Waals surface area contributed by atoms with Crippen LogP contribution in [0.15, 0.2) is 36.0 Å². The fourth-order valence-corrected chi connectivity index (χ4v) is 2.68. The fourth-order valence-electron chi connectivity index (χ4n) is 2.68. The summed E-state index contributed by atoms with van der Waals surface area (Å²) in [6.07, 6.45) is 20.4. The van der Waals surface area contributed by atoms with Crippen LogP contribution < -0.4 is 0 Å². The van der Waals surface area contributed by atoms with Gasteiger partial charge in [-0.1, -0.05) is 95.6 Å². The van der Waals surface area contributed by atoms with Crippen molar-refractivity contribution < 1.29 is 0 Å². The third kappa shape index (κ3) is 15.4. The molecule has 0 N–H and O–H groups in total. The van der Waals surface area contributed by atoms with Gasteiger partial charge in [-0.2, -0.15) is 0 Å². The third-order valence-electron chi connectivity index (χ3n) is 3.81. The van der Waals surface area contributed by atoms with Gasteiger partial charge in [-0.15, -0.1) is 0 Å². The number of unbranched alkanes of at least 4 members (excludes halogenated alkanes) is 7. The van der Waals surface area contributed by atoms with Gasteiger partial charge >= 0.3 is 0 Å². The van der Waals surface area contributed by atoms with E-state index in [1.54, 1.807) is 0 Å². The van der Waals surface area contributed by atoms with E-state index in [2.05, 4.69) is 52.5 Å². The molecule has 0 saturated heterocycles. The van der Waals surface area contributed by atoms with Gasteiger partial charge in [-0.05, 0) is 38.2 Å². The maximum atomic E-state index is 3.97. The van der Waals surface area contributed by atoms with E-state index >= 15 is 0 Å². The van der Waals surface area contributed by atoms with Gasteiger partial charge in [-0.25, -0.2) is 0 Å². The molecule has 0 amide bonds. The van der Waals surface area contributed by atoms with Gasteiger partial charge in [0.05, 0.1) is 0 Å². The molecule has 0 spiro atoms. The Balaban J connectivity index is 3.48. The predicted octanol–water partition coefficient (Wildman–Crippen LogP) is 7.62. The van der Waals surface area contributed by atoms with Crippen molar-refractivity contribution in [2.24, 2.45) is 5.92 Å². The minimum Gasteiger partial charge on any atom is -0.0961 e. The Morgan fingerprint density at radius 3 is 1.90 bits per heavy atom. The zero-order valence-corrected chi connectivity index (χ0v) is 15.1. The van der Waals surface area contributed by atoms with Crippen molar-refractivity contribution in [1.82, 2.24) is 0 Å². The molecule has 0 nitrogen and oxygen atoms in total. The Bertz CT molecular complexity index is 304. The highest BCUT2D eigenvalue weighted by molar-refractivity contribution is 5.27. The van der Waals surface area contributed by atoms with Crippen molar-refractivity contribution in [3.63, 3.8) is 0 Å². The first-order chi connectivity index (χ1) is 10.1. The largest absolute Gasteiger partial charge is 0.0961 e. The summed E-state index contributed by atoms with van der Waals surface area (Å²) in [6, 6.07) is 0. The van der Waals surface area contributed by atoms with Gasteiger partial charge in [0.25, 0.3) is 0 Å². The molecule has 0 heterocycles. The quantitative estimate of drug-likeness (QED) is 0.242. The smallest absolute Gasteiger partial charge is 0.0279 e. The minimum absolute atomic E-state index is 0.878. The van der Waals surface area contributed by atoms with Crippen LogP contribution in [-0.4, -0.2) is 0 Å². The molecule has 122 valence electrons. The third-order valence-corrected chi connectivity index (χ3v) is 3.81. The Labute approximate surface area is 134 Å². The van der Waals surface area contributed by atoms with Crippen molar-refractivity contribution in [3.8, 4) is 0 Å². The van der Waals surface area contributed by atoms with Crippen molar-refractivity contribution in [1.29, 1.82) is 0 Å². The molecule has 0 aromatic heterocycles. The monoisotopic (exact) mass is 290 g/mol. The van der Waals surface area contributed by atoms with Crippen LogP contribution in [-0.2, 0) is 0 Å². The molecule has 21 heavy (non-hydrogen) atoms. The molecular formula is C21H38. The maximum Gasteiger partial charge on any atom is -0.0279 e. The molecular weight excluding hydrogens is 252 g/mol. The first kappa shape index (κ1) is 20.2. The number of allylic oxidation sites excluding steroid dienone is 5. The van der Waals surface area contributed by atoms with E-state index in [-0.39, 0.29) is 0 Å². The van der Waals surface area contributed by atoms with Crippen LogP contribution in [0.2, 0.25) is 0 Å². The van der Waals surface area contributed by atoms with Gasteiger partial charge in [-0.3, -0.25) is 0 Å². The molecule has 0 aliphatic carbocycles. The molecule has 0 aliphatic rings. The van der Waals surface area contributed by atoms with Gasteiger partial charge in [0.1, 0.15) is 0 Å². The highest BCUT2D eigenvalue weighted by Crippen LogP contribution is 2.16. The van der Waals surface area contributed by atoms with Gasteiger partial charge in [0.15, 0.2) is 0 Å². The molecule has 0 aromatic rings. The molecule has 0 unspecified atom stereocenters. The second-order valence-electron chi connectivity index (χ2n) is 6.83. The Hall–Kier alpha value is -0.780. The van der Waals surface area contributed by atoms with Crippen LogP contribution in [0, 0.1) is 5.92 Å². The summed E-state index contributed by atoms with van der Waals surface area (Å²) in [5, 5.41) is 0. The van der Waals surface area contributed by atoms with E-state index < -0.39 is 0 Å². The normalized spacial score (nSPS) is 12.5. The summed E-state index contributed by atoms with van der Waals surface area (Å²) in [5.41, 5.74) is 2.59. The molecule has 0 atom stereocenters. The Morgan fingerprint density at radius 2 is 1.43 bits per heavy atom. The van der Waals surface area contributed by atoms with Crippen LogP contribution in [0.1, 0.15) is 91.9 Å². The highest BCUT2D eigenvalue weighted by Gasteiger charge is 1.97. The minimum atomic E-state index is 0.878. The van der Waals surface area contributed by atoms with Crippen molar-refractivity contribution in [2.75, 3.05) is 0 Å². The first-order valence-electron chi connectivity index (χ1n) is 9.05. The highest BCUT2D eigenvalue weighted by atomic mass is 14.0. The SMILES string of the molecule is C=C(C)C=C(C=CC)CCCCCCCCCCC(C)C. The average Bonchev–Trinajstić information content (AvgIpc) is 2.40. The molecule has 0 aromatic carbocycles. The molecule has 0 aliphatic heterocycles. The van der Waals surface area contributed by atoms with Gasteiger partial charge in [0.2, 0.25) is 0 Å². The van der Waals surface area contributed by atoms with E-state index in [1.165, 1.54) is 69.8 Å². The van der Waals surface area contributed by atoms with Gasteiger partial charge in [0, 0.05) is 0 Å². The summed E-state index contributed by atoms with van der Waals surface area (Å²) in [4.78, 5) is 0. The Morgan fingerprint density at radius 1 is 0.905 bits per heavy atom.